The SMILES string of the molecule is Cl.O=C(CN1CCNCC1)Nc1ccccc1F. The Hall–Kier alpha value is -1.17. The van der Waals surface area contributed by atoms with Gasteiger partial charge in [0.25, 0.3) is 0 Å². The van der Waals surface area contributed by atoms with Crippen molar-refractivity contribution < 1.29 is 9.18 Å². The first kappa shape index (κ1) is 14.9. The second kappa shape index (κ2) is 7.31. The maximum Gasteiger partial charge on any atom is 0.238 e. The van der Waals surface area contributed by atoms with Gasteiger partial charge in [0, 0.05) is 26.2 Å². The van der Waals surface area contributed by atoms with Gasteiger partial charge in [-0.1, -0.05) is 12.1 Å². The molecule has 0 aliphatic carbocycles. The monoisotopic (exact) mass is 273 g/mol. The molecule has 6 heteroatoms. The third-order valence-corrected chi connectivity index (χ3v) is 2.72. The summed E-state index contributed by atoms with van der Waals surface area (Å²) in [6.07, 6.45) is 0. The molecule has 0 spiro atoms. The zero-order valence-corrected chi connectivity index (χ0v) is 10.8. The smallest absolute Gasteiger partial charge is 0.238 e. The quantitative estimate of drug-likeness (QED) is 0.867. The lowest BCUT2D eigenvalue weighted by Gasteiger charge is -2.26. The van der Waals surface area contributed by atoms with Crippen LogP contribution >= 0.6 is 12.4 Å². The average Bonchev–Trinajstić information content (AvgIpc) is 2.33. The van der Waals surface area contributed by atoms with E-state index in [4.69, 9.17) is 0 Å². The number of para-hydroxylation sites is 1. The van der Waals surface area contributed by atoms with Gasteiger partial charge in [0.05, 0.1) is 12.2 Å². The summed E-state index contributed by atoms with van der Waals surface area (Å²) in [5.74, 6) is -0.571. The van der Waals surface area contributed by atoms with Crippen molar-refractivity contribution in [3.8, 4) is 0 Å². The second-order valence-corrected chi connectivity index (χ2v) is 4.05. The molecule has 0 radical (unpaired) electrons. The van der Waals surface area contributed by atoms with Crippen LogP contribution in [0.5, 0.6) is 0 Å². The fourth-order valence-corrected chi connectivity index (χ4v) is 1.82. The van der Waals surface area contributed by atoms with Crippen LogP contribution in [0.3, 0.4) is 0 Å². The van der Waals surface area contributed by atoms with Crippen LogP contribution in [0.15, 0.2) is 24.3 Å². The number of piperazine rings is 1. The number of halogens is 2. The zero-order valence-electron chi connectivity index (χ0n) is 9.99. The van der Waals surface area contributed by atoms with Gasteiger partial charge >= 0.3 is 0 Å². The molecule has 0 saturated carbocycles. The predicted octanol–water partition coefficient (Wildman–Crippen LogP) is 1.09. The number of nitrogens with one attached hydrogen (secondary N) is 2. The molecule has 4 nitrogen and oxygen atoms in total. The lowest BCUT2D eigenvalue weighted by atomic mass is 10.3. The Kier molecular flexibility index (Phi) is 6.04. The molecule has 1 amide bonds. The number of benzene rings is 1. The molecule has 1 aliphatic rings. The van der Waals surface area contributed by atoms with Gasteiger partial charge < -0.3 is 10.6 Å². The van der Waals surface area contributed by atoms with Gasteiger partial charge in [-0.05, 0) is 12.1 Å². The van der Waals surface area contributed by atoms with Gasteiger partial charge in [0.15, 0.2) is 0 Å². The van der Waals surface area contributed by atoms with Gasteiger partial charge in [-0.3, -0.25) is 9.69 Å². The van der Waals surface area contributed by atoms with Gasteiger partial charge in [-0.25, -0.2) is 4.39 Å². The molecule has 0 bridgehead atoms. The van der Waals surface area contributed by atoms with Crippen molar-refractivity contribution in [3.05, 3.63) is 30.1 Å². The van der Waals surface area contributed by atoms with Crippen LogP contribution in [0, 0.1) is 5.82 Å². The zero-order chi connectivity index (χ0) is 12.1. The van der Waals surface area contributed by atoms with Crippen LogP contribution in [0.1, 0.15) is 0 Å². The molecule has 100 valence electrons. The van der Waals surface area contributed by atoms with Crippen molar-refractivity contribution >= 4 is 24.0 Å². The molecule has 1 saturated heterocycles. The van der Waals surface area contributed by atoms with Crippen LogP contribution < -0.4 is 10.6 Å². The summed E-state index contributed by atoms with van der Waals surface area (Å²) in [6.45, 7) is 3.81. The van der Waals surface area contributed by atoms with Crippen molar-refractivity contribution in [1.29, 1.82) is 0 Å². The van der Waals surface area contributed by atoms with Crippen LogP contribution in [0.2, 0.25) is 0 Å². The molecule has 2 rings (SSSR count). The number of nitrogens with zero attached hydrogens (tertiary/aromatic N) is 1. The molecule has 1 aromatic carbocycles. The van der Waals surface area contributed by atoms with Crippen LogP contribution in [-0.4, -0.2) is 43.5 Å². The Labute approximate surface area is 112 Å². The minimum Gasteiger partial charge on any atom is -0.322 e. The highest BCUT2D eigenvalue weighted by Gasteiger charge is 2.14. The van der Waals surface area contributed by atoms with Crippen LogP contribution in [0.4, 0.5) is 10.1 Å². The normalized spacial score (nSPS) is 15.8. The topological polar surface area (TPSA) is 44.4 Å². The Balaban J connectivity index is 0.00000162. The molecule has 0 atom stereocenters. The minimum absolute atomic E-state index is 0. The molecule has 0 unspecified atom stereocenters. The third kappa shape index (κ3) is 4.25. The summed E-state index contributed by atoms with van der Waals surface area (Å²) in [5, 5.41) is 5.79. The Morgan fingerprint density at radius 3 is 2.67 bits per heavy atom. The number of amides is 1. The van der Waals surface area contributed by atoms with Crippen molar-refractivity contribution in [2.45, 2.75) is 0 Å². The fourth-order valence-electron chi connectivity index (χ4n) is 1.82. The summed E-state index contributed by atoms with van der Waals surface area (Å²) in [7, 11) is 0. The van der Waals surface area contributed by atoms with E-state index in [1.807, 2.05) is 4.90 Å². The largest absolute Gasteiger partial charge is 0.322 e. The summed E-state index contributed by atoms with van der Waals surface area (Å²) in [6, 6.07) is 6.19. The molecule has 18 heavy (non-hydrogen) atoms. The highest BCUT2D eigenvalue weighted by Crippen LogP contribution is 2.12. The molecule has 0 aromatic heterocycles. The van der Waals surface area contributed by atoms with Crippen molar-refractivity contribution in [1.82, 2.24) is 10.2 Å². The first-order valence-electron chi connectivity index (χ1n) is 5.73. The number of rotatable bonds is 3. The first-order valence-corrected chi connectivity index (χ1v) is 5.73. The Bertz CT molecular complexity index is 397. The molecule has 1 aliphatic heterocycles. The number of anilines is 1. The Morgan fingerprint density at radius 1 is 1.33 bits per heavy atom. The maximum absolute atomic E-state index is 13.3. The first-order chi connectivity index (χ1) is 8.25. The lowest BCUT2D eigenvalue weighted by Crippen LogP contribution is -2.46. The fraction of sp³-hybridized carbons (Fsp3) is 0.417. The number of hydrogen-bond acceptors (Lipinski definition) is 3. The van der Waals surface area contributed by atoms with E-state index in [0.717, 1.165) is 26.2 Å². The standard InChI is InChI=1S/C12H16FN3O.ClH/c13-10-3-1-2-4-11(10)15-12(17)9-16-7-5-14-6-8-16;/h1-4,14H,5-9H2,(H,15,17);1H. The number of hydrogen-bond donors (Lipinski definition) is 2. The van der Waals surface area contributed by atoms with Gasteiger partial charge in [0.2, 0.25) is 5.91 Å². The number of carbonyl (C=O) groups excluding carboxylic acids is 1. The number of carbonyl (C=O) groups is 1. The third-order valence-electron chi connectivity index (χ3n) is 2.72. The van der Waals surface area contributed by atoms with Gasteiger partial charge in [-0.2, -0.15) is 0 Å². The maximum atomic E-state index is 13.3. The molecular weight excluding hydrogens is 257 g/mol. The van der Waals surface area contributed by atoms with Crippen molar-refractivity contribution in [3.63, 3.8) is 0 Å². The van der Waals surface area contributed by atoms with E-state index in [2.05, 4.69) is 10.6 Å². The van der Waals surface area contributed by atoms with Crippen LogP contribution in [-0.2, 0) is 4.79 Å². The summed E-state index contributed by atoms with van der Waals surface area (Å²) >= 11 is 0. The molecular formula is C12H17ClFN3O. The molecule has 1 fully saturated rings. The van der Waals surface area contributed by atoms with Crippen molar-refractivity contribution in [2.75, 3.05) is 38.0 Å². The summed E-state index contributed by atoms with van der Waals surface area (Å²) in [4.78, 5) is 13.7. The second-order valence-electron chi connectivity index (χ2n) is 4.05. The van der Waals surface area contributed by atoms with E-state index in [-0.39, 0.29) is 24.0 Å². The highest BCUT2D eigenvalue weighted by atomic mass is 35.5. The van der Waals surface area contributed by atoms with Gasteiger partial charge in [0.1, 0.15) is 5.82 Å². The van der Waals surface area contributed by atoms with E-state index >= 15 is 0 Å². The van der Waals surface area contributed by atoms with Crippen LogP contribution in [0.25, 0.3) is 0 Å². The molecule has 2 N–H and O–H groups in total. The van der Waals surface area contributed by atoms with Gasteiger partial charge in [-0.15, -0.1) is 12.4 Å². The lowest BCUT2D eigenvalue weighted by molar-refractivity contribution is -0.117. The van der Waals surface area contributed by atoms with E-state index < -0.39 is 5.82 Å². The van der Waals surface area contributed by atoms with Crippen molar-refractivity contribution in [2.24, 2.45) is 0 Å². The summed E-state index contributed by atoms with van der Waals surface area (Å²) < 4.78 is 13.3. The molecule has 1 heterocycles. The Morgan fingerprint density at radius 2 is 2.00 bits per heavy atom. The highest BCUT2D eigenvalue weighted by molar-refractivity contribution is 5.92. The van der Waals surface area contributed by atoms with E-state index in [9.17, 15) is 9.18 Å². The predicted molar refractivity (Wildman–Crippen MR) is 71.6 cm³/mol. The average molecular weight is 274 g/mol. The summed E-state index contributed by atoms with van der Waals surface area (Å²) in [5.41, 5.74) is 0.243. The van der Waals surface area contributed by atoms with E-state index in [1.54, 1.807) is 18.2 Å². The van der Waals surface area contributed by atoms with E-state index in [0.29, 0.717) is 6.54 Å². The molecule has 1 aromatic rings. The van der Waals surface area contributed by atoms with E-state index in [1.165, 1.54) is 6.07 Å². The minimum atomic E-state index is -0.402.